The highest BCUT2D eigenvalue weighted by Crippen LogP contribution is 2.26. The van der Waals surface area contributed by atoms with Gasteiger partial charge in [0.25, 0.3) is 0 Å². The first-order valence-electron chi connectivity index (χ1n) is 5.15. The molecule has 0 bridgehead atoms. The minimum atomic E-state index is -1.13. The highest BCUT2D eigenvalue weighted by Gasteiger charge is 2.16. The largest absolute Gasteiger partial charge is 0.478 e. The van der Waals surface area contributed by atoms with Crippen molar-refractivity contribution in [1.29, 1.82) is 0 Å². The third kappa shape index (κ3) is 1.95. The second-order valence-electron chi connectivity index (χ2n) is 3.74. The molecule has 0 atom stereocenters. The molecule has 0 unspecified atom stereocenters. The maximum Gasteiger partial charge on any atom is 0.336 e. The molecule has 2 rings (SSSR count). The van der Waals surface area contributed by atoms with Gasteiger partial charge >= 0.3 is 5.97 Å². The Labute approximate surface area is 102 Å². The van der Waals surface area contributed by atoms with E-state index in [-0.39, 0.29) is 16.8 Å². The van der Waals surface area contributed by atoms with Crippen molar-refractivity contribution in [3.05, 3.63) is 53.2 Å². The molecule has 0 aliphatic carbocycles. The fourth-order valence-electron chi connectivity index (χ4n) is 1.73. The van der Waals surface area contributed by atoms with Gasteiger partial charge in [-0.3, -0.25) is 4.98 Å². The Kier molecular flexibility index (Phi) is 3.06. The van der Waals surface area contributed by atoms with Gasteiger partial charge in [0.05, 0.1) is 11.3 Å². The zero-order chi connectivity index (χ0) is 13.3. The van der Waals surface area contributed by atoms with Gasteiger partial charge in [-0.2, -0.15) is 0 Å². The maximum atomic E-state index is 13.6. The van der Waals surface area contributed by atoms with Crippen LogP contribution in [0.1, 0.15) is 15.9 Å². The van der Waals surface area contributed by atoms with Crippen molar-refractivity contribution in [2.24, 2.45) is 0 Å². The number of carboxylic acid groups (broad SMARTS) is 1. The lowest BCUT2D eigenvalue weighted by molar-refractivity contribution is 0.0696. The Morgan fingerprint density at radius 3 is 2.67 bits per heavy atom. The van der Waals surface area contributed by atoms with Crippen LogP contribution in [0.5, 0.6) is 0 Å². The fourth-order valence-corrected chi connectivity index (χ4v) is 1.73. The van der Waals surface area contributed by atoms with E-state index in [1.807, 2.05) is 0 Å². The summed E-state index contributed by atoms with van der Waals surface area (Å²) in [4.78, 5) is 14.9. The molecule has 0 radical (unpaired) electrons. The van der Waals surface area contributed by atoms with Gasteiger partial charge < -0.3 is 5.11 Å². The molecular formula is C13H9F2NO2. The molecule has 0 aliphatic heterocycles. The molecule has 3 nitrogen and oxygen atoms in total. The summed E-state index contributed by atoms with van der Waals surface area (Å²) < 4.78 is 26.8. The molecule has 1 aromatic carbocycles. The first-order chi connectivity index (χ1) is 8.52. The quantitative estimate of drug-likeness (QED) is 0.889. The van der Waals surface area contributed by atoms with Gasteiger partial charge in [0, 0.05) is 11.8 Å². The van der Waals surface area contributed by atoms with Crippen molar-refractivity contribution in [3.8, 4) is 11.3 Å². The topological polar surface area (TPSA) is 50.2 Å². The summed E-state index contributed by atoms with van der Waals surface area (Å²) in [5.41, 5.74) is 0.403. The molecule has 1 heterocycles. The summed E-state index contributed by atoms with van der Waals surface area (Å²) in [6.07, 6.45) is 1.26. The van der Waals surface area contributed by atoms with Gasteiger partial charge in [-0.25, -0.2) is 13.6 Å². The van der Waals surface area contributed by atoms with E-state index in [4.69, 9.17) is 5.11 Å². The summed E-state index contributed by atoms with van der Waals surface area (Å²) in [5.74, 6) is -3.15. The van der Waals surface area contributed by atoms with Crippen LogP contribution in [0.25, 0.3) is 11.3 Å². The summed E-state index contributed by atoms with van der Waals surface area (Å²) in [5, 5.41) is 8.97. The molecule has 0 saturated heterocycles. The van der Waals surface area contributed by atoms with Crippen molar-refractivity contribution in [2.45, 2.75) is 6.92 Å². The molecule has 5 heteroatoms. The molecule has 1 aromatic heterocycles. The molecule has 1 N–H and O–H groups in total. The third-order valence-electron chi connectivity index (χ3n) is 2.64. The monoisotopic (exact) mass is 249 g/mol. The lowest BCUT2D eigenvalue weighted by atomic mass is 10.0. The Hall–Kier alpha value is -2.30. The number of aromatic carboxylic acids is 1. The minimum absolute atomic E-state index is 0.0173. The van der Waals surface area contributed by atoms with Crippen LogP contribution < -0.4 is 0 Å². The number of pyridine rings is 1. The predicted molar refractivity (Wildman–Crippen MR) is 61.3 cm³/mol. The number of benzene rings is 1. The van der Waals surface area contributed by atoms with Crippen LogP contribution in [0.2, 0.25) is 0 Å². The van der Waals surface area contributed by atoms with Crippen LogP contribution in [0.15, 0.2) is 30.5 Å². The smallest absolute Gasteiger partial charge is 0.336 e. The second kappa shape index (κ2) is 4.52. The van der Waals surface area contributed by atoms with E-state index in [1.165, 1.54) is 31.3 Å². The van der Waals surface area contributed by atoms with Gasteiger partial charge in [0.1, 0.15) is 0 Å². The first-order valence-corrected chi connectivity index (χ1v) is 5.15. The van der Waals surface area contributed by atoms with Crippen molar-refractivity contribution >= 4 is 5.97 Å². The summed E-state index contributed by atoms with van der Waals surface area (Å²) in [6, 6.07) is 5.02. The number of hydrogen-bond donors (Lipinski definition) is 1. The summed E-state index contributed by atoms with van der Waals surface area (Å²) in [7, 11) is 0. The molecule has 92 valence electrons. The van der Waals surface area contributed by atoms with E-state index in [1.54, 1.807) is 0 Å². The number of carbonyl (C=O) groups is 1. The van der Waals surface area contributed by atoms with Gasteiger partial charge in [-0.15, -0.1) is 0 Å². The Balaban J connectivity index is 2.69. The van der Waals surface area contributed by atoms with E-state index in [0.717, 1.165) is 6.07 Å². The highest BCUT2D eigenvalue weighted by molar-refractivity contribution is 5.91. The maximum absolute atomic E-state index is 13.6. The van der Waals surface area contributed by atoms with Gasteiger partial charge in [0.2, 0.25) is 0 Å². The predicted octanol–water partition coefficient (Wildman–Crippen LogP) is 3.03. The molecule has 18 heavy (non-hydrogen) atoms. The zero-order valence-corrected chi connectivity index (χ0v) is 9.45. The average Bonchev–Trinajstić information content (AvgIpc) is 2.33. The van der Waals surface area contributed by atoms with Crippen LogP contribution in [0, 0.1) is 18.6 Å². The fraction of sp³-hybridized carbons (Fsp3) is 0.0769. The van der Waals surface area contributed by atoms with Crippen LogP contribution >= 0.6 is 0 Å². The number of rotatable bonds is 2. The van der Waals surface area contributed by atoms with E-state index >= 15 is 0 Å². The molecule has 0 saturated carbocycles. The second-order valence-corrected chi connectivity index (χ2v) is 3.74. The summed E-state index contributed by atoms with van der Waals surface area (Å²) in [6.45, 7) is 1.51. The van der Waals surface area contributed by atoms with E-state index in [2.05, 4.69) is 4.98 Å². The van der Waals surface area contributed by atoms with Crippen molar-refractivity contribution < 1.29 is 18.7 Å². The van der Waals surface area contributed by atoms with E-state index < -0.39 is 17.6 Å². The number of hydrogen-bond acceptors (Lipinski definition) is 2. The third-order valence-corrected chi connectivity index (χ3v) is 2.64. The van der Waals surface area contributed by atoms with Crippen molar-refractivity contribution in [2.75, 3.05) is 0 Å². The normalized spacial score (nSPS) is 10.4. The molecule has 0 amide bonds. The molecule has 2 aromatic rings. The number of nitrogens with zero attached hydrogens (tertiary/aromatic N) is 1. The van der Waals surface area contributed by atoms with Crippen LogP contribution in [0.3, 0.4) is 0 Å². The van der Waals surface area contributed by atoms with Gasteiger partial charge in [-0.05, 0) is 30.7 Å². The lowest BCUT2D eigenvalue weighted by Crippen LogP contribution is -2.03. The molecule has 0 aliphatic rings. The Morgan fingerprint density at radius 1 is 1.28 bits per heavy atom. The SMILES string of the molecule is Cc1c(C(=O)O)ccnc1-c1cccc(F)c1F. The minimum Gasteiger partial charge on any atom is -0.478 e. The van der Waals surface area contributed by atoms with E-state index in [9.17, 15) is 13.6 Å². The van der Waals surface area contributed by atoms with Gasteiger partial charge in [0.15, 0.2) is 11.6 Å². The number of carboxylic acids is 1. The average molecular weight is 249 g/mol. The number of aromatic nitrogens is 1. The highest BCUT2D eigenvalue weighted by atomic mass is 19.2. The van der Waals surface area contributed by atoms with Crippen LogP contribution in [-0.4, -0.2) is 16.1 Å². The number of halogens is 2. The molecule has 0 fully saturated rings. The van der Waals surface area contributed by atoms with Crippen LogP contribution in [-0.2, 0) is 0 Å². The molecular weight excluding hydrogens is 240 g/mol. The van der Waals surface area contributed by atoms with E-state index in [0.29, 0.717) is 5.56 Å². The zero-order valence-electron chi connectivity index (χ0n) is 9.45. The first kappa shape index (κ1) is 12.2. The van der Waals surface area contributed by atoms with Crippen LogP contribution in [0.4, 0.5) is 8.78 Å². The summed E-state index contributed by atoms with van der Waals surface area (Å²) >= 11 is 0. The Bertz CT molecular complexity index is 626. The molecule has 0 spiro atoms. The lowest BCUT2D eigenvalue weighted by Gasteiger charge is -2.08. The van der Waals surface area contributed by atoms with Crippen molar-refractivity contribution in [3.63, 3.8) is 0 Å². The van der Waals surface area contributed by atoms with Gasteiger partial charge in [-0.1, -0.05) is 6.07 Å². The van der Waals surface area contributed by atoms with Crippen molar-refractivity contribution in [1.82, 2.24) is 4.98 Å². The Morgan fingerprint density at radius 2 is 2.00 bits per heavy atom. The standard InChI is InChI=1S/C13H9F2NO2/c1-7-8(13(17)18)5-6-16-12(7)9-3-2-4-10(14)11(9)15/h2-6H,1H3,(H,17,18).